The molecule has 26 heavy (non-hydrogen) atoms. The van der Waals surface area contributed by atoms with E-state index in [4.69, 9.17) is 0 Å². The van der Waals surface area contributed by atoms with Crippen molar-refractivity contribution in [3.8, 4) is 0 Å². The number of halogens is 1. The Kier molecular flexibility index (Phi) is 5.77. The van der Waals surface area contributed by atoms with Crippen LogP contribution in [-0.4, -0.2) is 28.5 Å². The Morgan fingerprint density at radius 2 is 1.96 bits per heavy atom. The number of hydrogen-bond acceptors (Lipinski definition) is 4. The molecule has 0 bridgehead atoms. The highest BCUT2D eigenvalue weighted by molar-refractivity contribution is 14.1. The molecule has 0 spiro atoms. The first-order chi connectivity index (χ1) is 12.4. The van der Waals surface area contributed by atoms with Gasteiger partial charge in [0.2, 0.25) is 5.91 Å². The van der Waals surface area contributed by atoms with E-state index in [-0.39, 0.29) is 6.54 Å². The Balaban J connectivity index is 1.71. The van der Waals surface area contributed by atoms with Gasteiger partial charge in [0.05, 0.1) is 4.91 Å². The molecule has 0 aliphatic carbocycles. The maximum atomic E-state index is 12.5. The molecule has 0 aromatic heterocycles. The minimum atomic E-state index is -0.446. The van der Waals surface area contributed by atoms with E-state index in [0.717, 1.165) is 31.4 Å². The van der Waals surface area contributed by atoms with E-state index >= 15 is 0 Å². The largest absolute Gasteiger partial charge is 0.324 e. The fourth-order valence-corrected chi connectivity index (χ4v) is 3.84. The lowest BCUT2D eigenvalue weighted by Gasteiger charge is -2.13. The molecule has 5 nitrogen and oxygen atoms in total. The second kappa shape index (κ2) is 8.05. The topological polar surface area (TPSA) is 66.5 Å². The summed E-state index contributed by atoms with van der Waals surface area (Å²) in [4.78, 5) is 38.2. The lowest BCUT2D eigenvalue weighted by molar-refractivity contribution is -0.127. The van der Waals surface area contributed by atoms with Crippen LogP contribution in [0.25, 0.3) is 6.08 Å². The van der Waals surface area contributed by atoms with Gasteiger partial charge in [-0.2, -0.15) is 0 Å². The lowest BCUT2D eigenvalue weighted by atomic mass is 10.2. The number of benzene rings is 2. The number of rotatable bonds is 4. The number of aryl methyl sites for hydroxylation is 1. The second-order valence-corrected chi connectivity index (χ2v) is 7.92. The Morgan fingerprint density at radius 3 is 2.69 bits per heavy atom. The lowest BCUT2D eigenvalue weighted by Crippen LogP contribution is -2.36. The fraction of sp³-hybridized carbons (Fsp3) is 0.105. The molecule has 0 radical (unpaired) electrons. The van der Waals surface area contributed by atoms with Crippen LogP contribution in [0.4, 0.5) is 10.5 Å². The van der Waals surface area contributed by atoms with Gasteiger partial charge in [0.15, 0.2) is 0 Å². The average molecular weight is 478 g/mol. The molecular formula is C19H15IN2O3S. The first-order valence-electron chi connectivity index (χ1n) is 7.80. The van der Waals surface area contributed by atoms with Crippen LogP contribution in [0, 0.1) is 10.5 Å². The van der Waals surface area contributed by atoms with Gasteiger partial charge in [-0.1, -0.05) is 30.3 Å². The van der Waals surface area contributed by atoms with Crippen LogP contribution in [0.5, 0.6) is 0 Å². The Labute approximate surface area is 169 Å². The molecule has 1 heterocycles. The van der Waals surface area contributed by atoms with Crippen molar-refractivity contribution in [2.45, 2.75) is 6.92 Å². The molecule has 0 saturated carbocycles. The molecule has 1 fully saturated rings. The number of para-hydroxylation sites is 1. The molecular weight excluding hydrogens is 463 g/mol. The standard InChI is InChI=1S/C19H15IN2O3S/c1-12-5-2-3-8-15(12)21-17(23)11-22-18(24)16(26-19(22)25)10-13-6-4-7-14(20)9-13/h2-10H,11H2,1H3,(H,21,23). The third-order valence-corrected chi connectivity index (χ3v) is 5.32. The van der Waals surface area contributed by atoms with E-state index in [2.05, 4.69) is 27.9 Å². The zero-order valence-corrected chi connectivity index (χ0v) is 16.8. The number of carbonyl (C=O) groups is 3. The molecule has 3 amide bonds. The molecule has 0 atom stereocenters. The Morgan fingerprint density at radius 1 is 1.19 bits per heavy atom. The third kappa shape index (κ3) is 4.34. The number of imide groups is 1. The van der Waals surface area contributed by atoms with Crippen LogP contribution in [0.15, 0.2) is 53.4 Å². The van der Waals surface area contributed by atoms with Crippen molar-refractivity contribution < 1.29 is 14.4 Å². The number of amides is 3. The summed E-state index contributed by atoms with van der Waals surface area (Å²) in [5, 5.41) is 2.30. The number of nitrogens with one attached hydrogen (secondary N) is 1. The number of carbonyl (C=O) groups excluding carboxylic acids is 3. The Hall–Kier alpha value is -2.13. The Bertz CT molecular complexity index is 927. The number of hydrogen-bond donors (Lipinski definition) is 1. The van der Waals surface area contributed by atoms with Gasteiger partial charge in [0.25, 0.3) is 11.1 Å². The molecule has 2 aromatic rings. The summed E-state index contributed by atoms with van der Waals surface area (Å²) in [5.41, 5.74) is 2.42. The highest BCUT2D eigenvalue weighted by atomic mass is 127. The van der Waals surface area contributed by atoms with E-state index in [1.165, 1.54) is 0 Å². The zero-order chi connectivity index (χ0) is 18.7. The zero-order valence-electron chi connectivity index (χ0n) is 13.9. The first kappa shape index (κ1) is 18.7. The van der Waals surface area contributed by atoms with Gasteiger partial charge in [0.1, 0.15) is 6.54 Å². The van der Waals surface area contributed by atoms with Gasteiger partial charge >= 0.3 is 0 Å². The van der Waals surface area contributed by atoms with Gasteiger partial charge in [-0.15, -0.1) is 0 Å². The maximum absolute atomic E-state index is 12.5. The molecule has 132 valence electrons. The van der Waals surface area contributed by atoms with Crippen molar-refractivity contribution in [2.75, 3.05) is 11.9 Å². The van der Waals surface area contributed by atoms with Crippen molar-refractivity contribution in [1.29, 1.82) is 0 Å². The van der Waals surface area contributed by atoms with E-state index in [0.29, 0.717) is 10.6 Å². The maximum Gasteiger partial charge on any atom is 0.294 e. The summed E-state index contributed by atoms with van der Waals surface area (Å²) in [6.45, 7) is 1.57. The summed E-state index contributed by atoms with van der Waals surface area (Å²) in [5.74, 6) is -0.851. The molecule has 1 aliphatic rings. The fourth-order valence-electron chi connectivity index (χ4n) is 2.43. The molecule has 2 aromatic carbocycles. The average Bonchev–Trinajstić information content (AvgIpc) is 2.84. The first-order valence-corrected chi connectivity index (χ1v) is 9.70. The molecule has 7 heteroatoms. The number of thioether (sulfide) groups is 1. The minimum Gasteiger partial charge on any atom is -0.324 e. The van der Waals surface area contributed by atoms with E-state index in [1.807, 2.05) is 49.4 Å². The summed E-state index contributed by atoms with van der Waals surface area (Å²) < 4.78 is 1.04. The minimum absolute atomic E-state index is 0.303. The van der Waals surface area contributed by atoms with Crippen LogP contribution in [0.3, 0.4) is 0 Å². The van der Waals surface area contributed by atoms with Gasteiger partial charge in [-0.05, 0) is 76.7 Å². The quantitative estimate of drug-likeness (QED) is 0.527. The van der Waals surface area contributed by atoms with Crippen LogP contribution in [0.1, 0.15) is 11.1 Å². The van der Waals surface area contributed by atoms with Crippen LogP contribution < -0.4 is 5.32 Å². The highest BCUT2D eigenvalue weighted by Gasteiger charge is 2.36. The van der Waals surface area contributed by atoms with Gasteiger partial charge in [-0.25, -0.2) is 0 Å². The van der Waals surface area contributed by atoms with Crippen molar-refractivity contribution >= 4 is 63.2 Å². The van der Waals surface area contributed by atoms with Crippen LogP contribution in [0.2, 0.25) is 0 Å². The van der Waals surface area contributed by atoms with Crippen molar-refractivity contribution in [3.05, 3.63) is 68.1 Å². The smallest absolute Gasteiger partial charge is 0.294 e. The third-order valence-electron chi connectivity index (χ3n) is 3.74. The second-order valence-electron chi connectivity index (χ2n) is 5.69. The molecule has 1 saturated heterocycles. The monoisotopic (exact) mass is 478 g/mol. The predicted molar refractivity (Wildman–Crippen MR) is 112 cm³/mol. The molecule has 1 N–H and O–H groups in total. The normalized spacial score (nSPS) is 15.6. The number of nitrogens with zero attached hydrogens (tertiary/aromatic N) is 1. The van der Waals surface area contributed by atoms with Gasteiger partial charge in [0, 0.05) is 9.26 Å². The van der Waals surface area contributed by atoms with Crippen molar-refractivity contribution in [2.24, 2.45) is 0 Å². The van der Waals surface area contributed by atoms with E-state index in [9.17, 15) is 14.4 Å². The van der Waals surface area contributed by atoms with Crippen molar-refractivity contribution in [1.82, 2.24) is 4.90 Å². The van der Waals surface area contributed by atoms with E-state index < -0.39 is 17.1 Å². The van der Waals surface area contributed by atoms with Crippen LogP contribution >= 0.6 is 34.4 Å². The SMILES string of the molecule is Cc1ccccc1NC(=O)CN1C(=O)SC(=Cc2cccc(I)c2)C1=O. The molecule has 3 rings (SSSR count). The number of anilines is 1. The summed E-state index contributed by atoms with van der Waals surface area (Å²) in [7, 11) is 0. The summed E-state index contributed by atoms with van der Waals surface area (Å²) >= 11 is 3.03. The van der Waals surface area contributed by atoms with E-state index in [1.54, 1.807) is 12.1 Å². The van der Waals surface area contributed by atoms with Crippen LogP contribution in [-0.2, 0) is 9.59 Å². The summed E-state index contributed by atoms with van der Waals surface area (Å²) in [6.07, 6.45) is 1.67. The van der Waals surface area contributed by atoms with Crippen molar-refractivity contribution in [3.63, 3.8) is 0 Å². The predicted octanol–water partition coefficient (Wildman–Crippen LogP) is 4.27. The van der Waals surface area contributed by atoms with Gasteiger partial charge < -0.3 is 5.32 Å². The highest BCUT2D eigenvalue weighted by Crippen LogP contribution is 2.32. The van der Waals surface area contributed by atoms with Gasteiger partial charge in [-0.3, -0.25) is 19.3 Å². The molecule has 1 aliphatic heterocycles. The summed E-state index contributed by atoms with van der Waals surface area (Å²) in [6, 6.07) is 14.9. The molecule has 0 unspecified atom stereocenters.